The molecule has 0 saturated carbocycles. The van der Waals surface area contributed by atoms with Crippen LogP contribution in [0.1, 0.15) is 27.9 Å². The molecule has 0 saturated heterocycles. The van der Waals surface area contributed by atoms with Gasteiger partial charge in [0.2, 0.25) is 5.13 Å². The van der Waals surface area contributed by atoms with Crippen LogP contribution in [-0.2, 0) is 0 Å². The predicted octanol–water partition coefficient (Wildman–Crippen LogP) is 2.50. The van der Waals surface area contributed by atoms with Gasteiger partial charge >= 0.3 is 0 Å². The van der Waals surface area contributed by atoms with Crippen LogP contribution in [0.15, 0.2) is 29.6 Å². The molecular weight excluding hydrogens is 248 g/mol. The number of carbonyl (C=O) groups excluding carboxylic acids is 1. The first-order valence-electron chi connectivity index (χ1n) is 5.34. The van der Waals surface area contributed by atoms with Gasteiger partial charge in [0.15, 0.2) is 5.78 Å². The Hall–Kier alpha value is -2.08. The van der Waals surface area contributed by atoms with Crippen LogP contribution in [0.2, 0.25) is 0 Å². The summed E-state index contributed by atoms with van der Waals surface area (Å²) in [4.78, 5) is 20.1. The van der Waals surface area contributed by atoms with Crippen molar-refractivity contribution < 1.29 is 4.79 Å². The van der Waals surface area contributed by atoms with Crippen molar-refractivity contribution in [3.63, 3.8) is 0 Å². The molecule has 0 unspecified atom stereocenters. The highest BCUT2D eigenvalue weighted by Crippen LogP contribution is 2.22. The third-order valence-corrected chi connectivity index (χ3v) is 3.34. The molecule has 6 heteroatoms. The van der Waals surface area contributed by atoms with Crippen LogP contribution in [0.4, 0.5) is 5.13 Å². The Morgan fingerprint density at radius 2 is 2.39 bits per heavy atom. The van der Waals surface area contributed by atoms with Crippen LogP contribution in [0.3, 0.4) is 0 Å². The van der Waals surface area contributed by atoms with Crippen molar-refractivity contribution in [3.05, 3.63) is 40.7 Å². The zero-order chi connectivity index (χ0) is 13.0. The minimum atomic E-state index is 0.0225. The highest BCUT2D eigenvalue weighted by Gasteiger charge is 2.10. The van der Waals surface area contributed by atoms with E-state index in [1.165, 1.54) is 18.3 Å². The van der Waals surface area contributed by atoms with Gasteiger partial charge in [0.05, 0.1) is 16.8 Å². The monoisotopic (exact) mass is 260 g/mol. The van der Waals surface area contributed by atoms with E-state index in [-0.39, 0.29) is 5.78 Å². The molecule has 0 radical (unpaired) electrons. The van der Waals surface area contributed by atoms with E-state index in [0.29, 0.717) is 10.0 Å². The lowest BCUT2D eigenvalue weighted by atomic mass is 10.3. The Morgan fingerprint density at radius 1 is 1.56 bits per heavy atom. The maximum absolute atomic E-state index is 11.3. The van der Waals surface area contributed by atoms with E-state index in [1.807, 2.05) is 19.1 Å². The molecule has 18 heavy (non-hydrogen) atoms. The second kappa shape index (κ2) is 5.50. The van der Waals surface area contributed by atoms with Crippen molar-refractivity contribution in [1.29, 1.82) is 0 Å². The van der Waals surface area contributed by atoms with Crippen molar-refractivity contribution in [3.8, 4) is 0 Å². The standard InChI is InChI=1S/C12H12N4OS/c1-8-11(9(2)17)18-12(15-8)16-14-7-10-4-3-5-13-6-10/h3-7H,1-2H3,(H,15,16)/b14-7-. The van der Waals surface area contributed by atoms with Gasteiger partial charge < -0.3 is 0 Å². The van der Waals surface area contributed by atoms with Crippen LogP contribution in [-0.4, -0.2) is 22.0 Å². The Balaban J connectivity index is 2.05. The largest absolute Gasteiger partial charge is 0.294 e. The van der Waals surface area contributed by atoms with E-state index in [0.717, 1.165) is 11.3 Å². The van der Waals surface area contributed by atoms with Gasteiger partial charge in [0.1, 0.15) is 0 Å². The lowest BCUT2D eigenvalue weighted by molar-refractivity contribution is 0.102. The minimum absolute atomic E-state index is 0.0225. The molecule has 0 fully saturated rings. The van der Waals surface area contributed by atoms with Crippen LogP contribution in [0.25, 0.3) is 0 Å². The summed E-state index contributed by atoms with van der Waals surface area (Å²) < 4.78 is 0. The van der Waals surface area contributed by atoms with E-state index in [4.69, 9.17) is 0 Å². The number of hydrazone groups is 1. The number of nitrogens with zero attached hydrogens (tertiary/aromatic N) is 3. The summed E-state index contributed by atoms with van der Waals surface area (Å²) in [5.74, 6) is 0.0225. The number of ketones is 1. The number of nitrogens with one attached hydrogen (secondary N) is 1. The van der Waals surface area contributed by atoms with Crippen molar-refractivity contribution in [1.82, 2.24) is 9.97 Å². The molecule has 5 nitrogen and oxygen atoms in total. The van der Waals surface area contributed by atoms with Gasteiger partial charge in [-0.15, -0.1) is 0 Å². The second-order valence-electron chi connectivity index (χ2n) is 3.65. The first kappa shape index (κ1) is 12.4. The quantitative estimate of drug-likeness (QED) is 0.521. The van der Waals surface area contributed by atoms with Gasteiger partial charge in [-0.25, -0.2) is 4.98 Å². The molecule has 1 N–H and O–H groups in total. The van der Waals surface area contributed by atoms with Gasteiger partial charge in [0, 0.05) is 24.9 Å². The fourth-order valence-electron chi connectivity index (χ4n) is 1.39. The summed E-state index contributed by atoms with van der Waals surface area (Å²) in [6, 6.07) is 3.73. The average Bonchev–Trinajstić information content (AvgIpc) is 2.72. The third kappa shape index (κ3) is 2.98. The van der Waals surface area contributed by atoms with E-state index < -0.39 is 0 Å². The van der Waals surface area contributed by atoms with Crippen LogP contribution in [0, 0.1) is 6.92 Å². The molecule has 0 aliphatic carbocycles. The number of pyridine rings is 1. The zero-order valence-corrected chi connectivity index (χ0v) is 10.9. The molecule has 0 bridgehead atoms. The number of thiazole rings is 1. The normalized spacial score (nSPS) is 10.8. The van der Waals surface area contributed by atoms with Crippen LogP contribution < -0.4 is 5.43 Å². The number of carbonyl (C=O) groups is 1. The SMILES string of the molecule is CC(=O)c1sc(N/N=C\c2cccnc2)nc1C. The Kier molecular flexibility index (Phi) is 3.78. The number of aromatic nitrogens is 2. The summed E-state index contributed by atoms with van der Waals surface area (Å²) in [5, 5.41) is 4.66. The second-order valence-corrected chi connectivity index (χ2v) is 4.65. The molecular formula is C12H12N4OS. The molecule has 0 aliphatic heterocycles. The molecule has 2 aromatic heterocycles. The highest BCUT2D eigenvalue weighted by molar-refractivity contribution is 7.17. The summed E-state index contributed by atoms with van der Waals surface area (Å²) >= 11 is 1.30. The van der Waals surface area contributed by atoms with Gasteiger partial charge in [-0.2, -0.15) is 5.10 Å². The van der Waals surface area contributed by atoms with Crippen molar-refractivity contribution in [2.24, 2.45) is 5.10 Å². The molecule has 0 aromatic carbocycles. The van der Waals surface area contributed by atoms with Gasteiger partial charge in [0.25, 0.3) is 0 Å². The third-order valence-electron chi connectivity index (χ3n) is 2.17. The van der Waals surface area contributed by atoms with E-state index in [1.54, 1.807) is 18.6 Å². The average molecular weight is 260 g/mol. The molecule has 0 amide bonds. The van der Waals surface area contributed by atoms with E-state index in [2.05, 4.69) is 20.5 Å². The van der Waals surface area contributed by atoms with Crippen molar-refractivity contribution in [2.75, 3.05) is 5.43 Å². The lowest BCUT2D eigenvalue weighted by Gasteiger charge is -1.92. The molecule has 0 spiro atoms. The van der Waals surface area contributed by atoms with E-state index in [9.17, 15) is 4.79 Å². The Labute approximate surface area is 109 Å². The van der Waals surface area contributed by atoms with Gasteiger partial charge in [-0.3, -0.25) is 15.2 Å². The molecule has 2 aromatic rings. The molecule has 2 heterocycles. The molecule has 0 atom stereocenters. The number of hydrogen-bond acceptors (Lipinski definition) is 6. The smallest absolute Gasteiger partial charge is 0.204 e. The Bertz CT molecular complexity index is 577. The number of aryl methyl sites for hydroxylation is 1. The number of hydrogen-bond donors (Lipinski definition) is 1. The first-order valence-corrected chi connectivity index (χ1v) is 6.16. The topological polar surface area (TPSA) is 67.2 Å². The van der Waals surface area contributed by atoms with Gasteiger partial charge in [-0.05, 0) is 13.0 Å². The summed E-state index contributed by atoms with van der Waals surface area (Å²) in [6.45, 7) is 3.34. The fourth-order valence-corrected chi connectivity index (χ4v) is 2.20. The van der Waals surface area contributed by atoms with Crippen LogP contribution in [0.5, 0.6) is 0 Å². The predicted molar refractivity (Wildman–Crippen MR) is 72.3 cm³/mol. The van der Waals surface area contributed by atoms with Crippen molar-refractivity contribution in [2.45, 2.75) is 13.8 Å². The van der Waals surface area contributed by atoms with E-state index >= 15 is 0 Å². The number of rotatable bonds is 4. The van der Waals surface area contributed by atoms with Gasteiger partial charge in [-0.1, -0.05) is 17.4 Å². The minimum Gasteiger partial charge on any atom is -0.294 e. The summed E-state index contributed by atoms with van der Waals surface area (Å²) in [5.41, 5.74) is 4.43. The van der Waals surface area contributed by atoms with Crippen molar-refractivity contribution >= 4 is 28.5 Å². The van der Waals surface area contributed by atoms with Crippen LogP contribution >= 0.6 is 11.3 Å². The maximum Gasteiger partial charge on any atom is 0.204 e. The molecule has 2 rings (SSSR count). The molecule has 0 aliphatic rings. The highest BCUT2D eigenvalue weighted by atomic mass is 32.1. The summed E-state index contributed by atoms with van der Waals surface area (Å²) in [7, 11) is 0. The number of anilines is 1. The molecule has 92 valence electrons. The first-order chi connectivity index (χ1) is 8.66. The maximum atomic E-state index is 11.3. The number of Topliss-reactive ketones (excluding diaryl/α,β-unsaturated/α-hetero) is 1. The Morgan fingerprint density at radius 3 is 3.00 bits per heavy atom. The summed E-state index contributed by atoms with van der Waals surface area (Å²) in [6.07, 6.45) is 5.06. The fraction of sp³-hybridized carbons (Fsp3) is 0.167. The zero-order valence-electron chi connectivity index (χ0n) is 10.0. The lowest BCUT2D eigenvalue weighted by Crippen LogP contribution is -1.90.